The second-order valence-electron chi connectivity index (χ2n) is 4.82. The number of rotatable bonds is 4. The van der Waals surface area contributed by atoms with Gasteiger partial charge in [0.25, 0.3) is 0 Å². The maximum Gasteiger partial charge on any atom is 0.0484 e. The van der Waals surface area contributed by atoms with Crippen LogP contribution in [0.5, 0.6) is 0 Å². The van der Waals surface area contributed by atoms with Crippen LogP contribution in [0.1, 0.15) is 11.6 Å². The van der Waals surface area contributed by atoms with Gasteiger partial charge in [0.05, 0.1) is 0 Å². The van der Waals surface area contributed by atoms with E-state index in [1.165, 1.54) is 5.56 Å². The average molecular weight is 234 g/mol. The van der Waals surface area contributed by atoms with E-state index in [9.17, 15) is 0 Å². The topological polar surface area (TPSA) is 31.4 Å². The third kappa shape index (κ3) is 3.49. The third-order valence-electron chi connectivity index (χ3n) is 3.33. The minimum atomic E-state index is 0.432. The molecule has 2 heterocycles. The van der Waals surface area contributed by atoms with Crippen molar-refractivity contribution in [2.45, 2.75) is 6.04 Å². The molecule has 2 rings (SSSR count). The van der Waals surface area contributed by atoms with Gasteiger partial charge in [-0.3, -0.25) is 9.88 Å². The lowest BCUT2D eigenvalue weighted by molar-refractivity contribution is 0.168. The van der Waals surface area contributed by atoms with Gasteiger partial charge in [0.15, 0.2) is 0 Å². The van der Waals surface area contributed by atoms with Crippen molar-refractivity contribution in [3.63, 3.8) is 0 Å². The van der Waals surface area contributed by atoms with Gasteiger partial charge >= 0.3 is 0 Å². The normalized spacial score (nSPS) is 19.5. The quantitative estimate of drug-likeness (QED) is 0.826. The molecule has 1 aliphatic rings. The van der Waals surface area contributed by atoms with E-state index in [1.807, 2.05) is 18.5 Å². The number of nitrogens with one attached hydrogen (secondary N) is 1. The van der Waals surface area contributed by atoms with Gasteiger partial charge in [-0.2, -0.15) is 0 Å². The smallest absolute Gasteiger partial charge is 0.0484 e. The lowest BCUT2D eigenvalue weighted by Crippen LogP contribution is -2.46. The highest BCUT2D eigenvalue weighted by Crippen LogP contribution is 2.18. The maximum atomic E-state index is 4.22. The summed E-state index contributed by atoms with van der Waals surface area (Å²) in [6.07, 6.45) is 3.81. The summed E-state index contributed by atoms with van der Waals surface area (Å²) in [5.74, 6) is 0. The van der Waals surface area contributed by atoms with Crippen LogP contribution in [0.4, 0.5) is 0 Å². The van der Waals surface area contributed by atoms with E-state index in [-0.39, 0.29) is 0 Å². The molecule has 4 nitrogen and oxygen atoms in total. The molecular weight excluding hydrogens is 212 g/mol. The standard InChI is InChI=1S/C13H22N4/c1-16(2)13(12-4-3-5-15-10-12)11-17-8-6-14-7-9-17/h3-5,10,13-14H,6-9,11H2,1-2H3. The number of pyridine rings is 1. The van der Waals surface area contributed by atoms with Crippen molar-refractivity contribution >= 4 is 0 Å². The van der Waals surface area contributed by atoms with Gasteiger partial charge < -0.3 is 10.2 Å². The molecule has 0 aliphatic carbocycles. The van der Waals surface area contributed by atoms with Crippen molar-refractivity contribution < 1.29 is 0 Å². The van der Waals surface area contributed by atoms with Crippen LogP contribution in [0, 0.1) is 0 Å². The van der Waals surface area contributed by atoms with Crippen molar-refractivity contribution in [2.24, 2.45) is 0 Å². The Kier molecular flexibility index (Phi) is 4.48. The van der Waals surface area contributed by atoms with E-state index in [4.69, 9.17) is 0 Å². The molecule has 0 amide bonds. The van der Waals surface area contributed by atoms with Gasteiger partial charge in [0.1, 0.15) is 0 Å². The van der Waals surface area contributed by atoms with Crippen LogP contribution >= 0.6 is 0 Å². The molecule has 1 atom stereocenters. The fourth-order valence-electron chi connectivity index (χ4n) is 2.28. The van der Waals surface area contributed by atoms with Crippen molar-refractivity contribution in [1.29, 1.82) is 0 Å². The molecule has 1 saturated heterocycles. The van der Waals surface area contributed by atoms with Crippen molar-refractivity contribution in [3.8, 4) is 0 Å². The predicted molar refractivity (Wildman–Crippen MR) is 70.0 cm³/mol. The Morgan fingerprint density at radius 1 is 1.41 bits per heavy atom. The van der Waals surface area contributed by atoms with E-state index in [0.29, 0.717) is 6.04 Å². The van der Waals surface area contributed by atoms with Gasteiger partial charge in [-0.05, 0) is 25.7 Å². The lowest BCUT2D eigenvalue weighted by atomic mass is 10.1. The molecule has 1 fully saturated rings. The van der Waals surface area contributed by atoms with Crippen LogP contribution in [0.25, 0.3) is 0 Å². The average Bonchev–Trinajstić information content (AvgIpc) is 2.38. The highest BCUT2D eigenvalue weighted by Gasteiger charge is 2.19. The third-order valence-corrected chi connectivity index (χ3v) is 3.33. The first-order valence-corrected chi connectivity index (χ1v) is 6.27. The Morgan fingerprint density at radius 3 is 2.76 bits per heavy atom. The molecule has 1 unspecified atom stereocenters. The van der Waals surface area contributed by atoms with E-state index in [2.05, 4.69) is 40.3 Å². The van der Waals surface area contributed by atoms with Gasteiger partial charge in [-0.15, -0.1) is 0 Å². The molecule has 0 saturated carbocycles. The fourth-order valence-corrected chi connectivity index (χ4v) is 2.28. The number of hydrogen-bond donors (Lipinski definition) is 1. The first kappa shape index (κ1) is 12.5. The first-order chi connectivity index (χ1) is 8.27. The van der Waals surface area contributed by atoms with Crippen LogP contribution in [-0.2, 0) is 0 Å². The summed E-state index contributed by atoms with van der Waals surface area (Å²) in [4.78, 5) is 9.02. The number of aromatic nitrogens is 1. The van der Waals surface area contributed by atoms with Crippen molar-refractivity contribution in [2.75, 3.05) is 46.8 Å². The zero-order valence-electron chi connectivity index (χ0n) is 10.8. The molecule has 0 bridgehead atoms. The summed E-state index contributed by atoms with van der Waals surface area (Å²) in [7, 11) is 4.28. The second kappa shape index (κ2) is 6.10. The minimum Gasteiger partial charge on any atom is -0.314 e. The van der Waals surface area contributed by atoms with E-state index >= 15 is 0 Å². The van der Waals surface area contributed by atoms with Crippen LogP contribution in [0.15, 0.2) is 24.5 Å². The van der Waals surface area contributed by atoms with Crippen LogP contribution in [0.2, 0.25) is 0 Å². The van der Waals surface area contributed by atoms with Crippen LogP contribution < -0.4 is 5.32 Å². The molecule has 0 spiro atoms. The molecule has 0 radical (unpaired) electrons. The molecule has 1 aromatic rings. The highest BCUT2D eigenvalue weighted by atomic mass is 15.2. The molecule has 1 aromatic heterocycles. The SMILES string of the molecule is CN(C)C(CN1CCNCC1)c1cccnc1. The van der Waals surface area contributed by atoms with Gasteiger partial charge in [-0.1, -0.05) is 6.07 Å². The monoisotopic (exact) mass is 234 g/mol. The number of piperazine rings is 1. The van der Waals surface area contributed by atoms with Gasteiger partial charge in [0, 0.05) is 51.2 Å². The lowest BCUT2D eigenvalue weighted by Gasteiger charge is -2.33. The molecule has 0 aromatic carbocycles. The summed E-state index contributed by atoms with van der Waals surface area (Å²) in [5, 5.41) is 3.39. The van der Waals surface area contributed by atoms with E-state index in [0.717, 1.165) is 32.7 Å². The molecule has 17 heavy (non-hydrogen) atoms. The molecule has 94 valence electrons. The highest BCUT2D eigenvalue weighted by molar-refractivity contribution is 5.14. The zero-order valence-corrected chi connectivity index (χ0v) is 10.8. The van der Waals surface area contributed by atoms with Gasteiger partial charge in [0.2, 0.25) is 0 Å². The summed E-state index contributed by atoms with van der Waals surface area (Å²) >= 11 is 0. The molecule has 1 aliphatic heterocycles. The van der Waals surface area contributed by atoms with E-state index < -0.39 is 0 Å². The molecular formula is C13H22N4. The fraction of sp³-hybridized carbons (Fsp3) is 0.615. The Balaban J connectivity index is 2.02. The Morgan fingerprint density at radius 2 is 2.18 bits per heavy atom. The van der Waals surface area contributed by atoms with Crippen LogP contribution in [0.3, 0.4) is 0 Å². The Labute approximate surface area is 104 Å². The minimum absolute atomic E-state index is 0.432. The maximum absolute atomic E-state index is 4.22. The predicted octanol–water partition coefficient (Wildman–Crippen LogP) is 0.590. The number of nitrogens with zero attached hydrogens (tertiary/aromatic N) is 3. The summed E-state index contributed by atoms with van der Waals surface area (Å²) in [5.41, 5.74) is 1.30. The number of likely N-dealkylation sites (N-methyl/N-ethyl adjacent to an activating group) is 1. The Bertz CT molecular complexity index is 319. The molecule has 4 heteroatoms. The number of hydrogen-bond acceptors (Lipinski definition) is 4. The van der Waals surface area contributed by atoms with Crippen LogP contribution in [-0.4, -0.2) is 61.6 Å². The molecule has 1 N–H and O–H groups in total. The van der Waals surface area contributed by atoms with E-state index in [1.54, 1.807) is 0 Å². The largest absolute Gasteiger partial charge is 0.314 e. The summed E-state index contributed by atoms with van der Waals surface area (Å²) in [6.45, 7) is 5.58. The van der Waals surface area contributed by atoms with Gasteiger partial charge in [-0.25, -0.2) is 0 Å². The summed E-state index contributed by atoms with van der Waals surface area (Å²) in [6, 6.07) is 4.62. The second-order valence-corrected chi connectivity index (χ2v) is 4.82. The van der Waals surface area contributed by atoms with Crippen molar-refractivity contribution in [1.82, 2.24) is 20.1 Å². The van der Waals surface area contributed by atoms with Crippen molar-refractivity contribution in [3.05, 3.63) is 30.1 Å². The first-order valence-electron chi connectivity index (χ1n) is 6.27. The summed E-state index contributed by atoms with van der Waals surface area (Å²) < 4.78 is 0. The zero-order chi connectivity index (χ0) is 12.1. The Hall–Kier alpha value is -0.970.